The van der Waals surface area contributed by atoms with E-state index in [2.05, 4.69) is 0 Å². The van der Waals surface area contributed by atoms with Crippen molar-refractivity contribution in [1.82, 2.24) is 9.80 Å². The zero-order chi connectivity index (χ0) is 24.5. The predicted octanol–water partition coefficient (Wildman–Crippen LogP) is 5.13. The first kappa shape index (κ1) is 24.2. The van der Waals surface area contributed by atoms with Crippen LogP contribution in [0.5, 0.6) is 5.75 Å². The Bertz CT molecular complexity index is 1040. The highest BCUT2D eigenvalue weighted by Gasteiger charge is 2.37. The normalized spacial score (nSPS) is 19.0. The van der Waals surface area contributed by atoms with E-state index in [0.29, 0.717) is 18.7 Å². The van der Waals surface area contributed by atoms with E-state index in [1.165, 1.54) is 12.1 Å². The topological polar surface area (TPSA) is 49.9 Å². The van der Waals surface area contributed by atoms with Crippen LogP contribution in [-0.2, 0) is 16.0 Å². The van der Waals surface area contributed by atoms with Crippen LogP contribution >= 0.6 is 0 Å². The fraction of sp³-hybridized carbons (Fsp3) is 0.500. The van der Waals surface area contributed by atoms with E-state index < -0.39 is 11.5 Å². The van der Waals surface area contributed by atoms with Gasteiger partial charge in [0.25, 0.3) is 5.91 Å². The number of benzene rings is 2. The highest BCUT2D eigenvalue weighted by molar-refractivity contribution is 5.83. The summed E-state index contributed by atoms with van der Waals surface area (Å²) in [6, 6.07) is 11.9. The lowest BCUT2D eigenvalue weighted by atomic mass is 9.85. The molecule has 34 heavy (non-hydrogen) atoms. The molecule has 5 nitrogen and oxygen atoms in total. The van der Waals surface area contributed by atoms with Gasteiger partial charge < -0.3 is 14.5 Å². The number of halogens is 1. The van der Waals surface area contributed by atoms with Crippen molar-refractivity contribution in [2.75, 3.05) is 19.6 Å². The quantitative estimate of drug-likeness (QED) is 0.614. The van der Waals surface area contributed by atoms with Crippen LogP contribution < -0.4 is 4.74 Å². The summed E-state index contributed by atoms with van der Waals surface area (Å²) in [7, 11) is 0. The van der Waals surface area contributed by atoms with Gasteiger partial charge in [-0.3, -0.25) is 9.59 Å². The van der Waals surface area contributed by atoms with Crippen LogP contribution in [0.4, 0.5) is 4.39 Å². The number of rotatable bonds is 5. The molecule has 1 fully saturated rings. The minimum absolute atomic E-state index is 0.0392. The van der Waals surface area contributed by atoms with Crippen molar-refractivity contribution in [3.05, 3.63) is 65.0 Å². The lowest BCUT2D eigenvalue weighted by Crippen LogP contribution is -2.45. The molecule has 0 aliphatic carbocycles. The molecule has 2 heterocycles. The van der Waals surface area contributed by atoms with E-state index in [1.807, 2.05) is 55.7 Å². The average Bonchev–Trinajstić information content (AvgIpc) is 3.36. The van der Waals surface area contributed by atoms with Gasteiger partial charge >= 0.3 is 0 Å². The van der Waals surface area contributed by atoms with Gasteiger partial charge in [0.15, 0.2) is 6.10 Å². The van der Waals surface area contributed by atoms with Gasteiger partial charge in [-0.2, -0.15) is 0 Å². The first-order chi connectivity index (χ1) is 16.2. The highest BCUT2D eigenvalue weighted by Crippen LogP contribution is 2.39. The van der Waals surface area contributed by atoms with Gasteiger partial charge in [-0.25, -0.2) is 4.39 Å². The van der Waals surface area contributed by atoms with Gasteiger partial charge in [0.05, 0.1) is 6.04 Å². The molecule has 1 saturated heterocycles. The summed E-state index contributed by atoms with van der Waals surface area (Å²) in [5, 5.41) is 0. The van der Waals surface area contributed by atoms with E-state index in [4.69, 9.17) is 4.74 Å². The van der Waals surface area contributed by atoms with Crippen molar-refractivity contribution in [1.29, 1.82) is 0 Å². The van der Waals surface area contributed by atoms with Crippen molar-refractivity contribution >= 4 is 11.8 Å². The second-order valence-electron chi connectivity index (χ2n) is 10.4. The van der Waals surface area contributed by atoms with E-state index in [0.717, 1.165) is 49.0 Å². The maximum Gasteiger partial charge on any atom is 0.263 e. The Labute approximate surface area is 201 Å². The molecule has 2 aromatic carbocycles. The fourth-order valence-electron chi connectivity index (χ4n) is 4.93. The Morgan fingerprint density at radius 1 is 1.06 bits per heavy atom. The molecule has 0 spiro atoms. The van der Waals surface area contributed by atoms with E-state index in [1.54, 1.807) is 12.1 Å². The van der Waals surface area contributed by atoms with Crippen LogP contribution in [0.1, 0.15) is 69.7 Å². The Kier molecular flexibility index (Phi) is 6.96. The Morgan fingerprint density at radius 3 is 2.35 bits per heavy atom. The molecule has 2 atom stereocenters. The monoisotopic (exact) mass is 466 g/mol. The van der Waals surface area contributed by atoms with Gasteiger partial charge in [-0.05, 0) is 66.6 Å². The molecule has 0 N–H and O–H groups in total. The van der Waals surface area contributed by atoms with E-state index >= 15 is 0 Å². The summed E-state index contributed by atoms with van der Waals surface area (Å²) in [5.41, 5.74) is 2.42. The third-order valence-electron chi connectivity index (χ3n) is 6.78. The smallest absolute Gasteiger partial charge is 0.263 e. The number of fused-ring (bicyclic) bond motifs is 1. The van der Waals surface area contributed by atoms with E-state index in [9.17, 15) is 14.0 Å². The predicted molar refractivity (Wildman–Crippen MR) is 130 cm³/mol. The van der Waals surface area contributed by atoms with Crippen molar-refractivity contribution < 1.29 is 18.7 Å². The van der Waals surface area contributed by atoms with Crippen molar-refractivity contribution in [3.8, 4) is 5.75 Å². The van der Waals surface area contributed by atoms with Gasteiger partial charge in [0.2, 0.25) is 5.91 Å². The first-order valence-electron chi connectivity index (χ1n) is 12.3. The Balaban J connectivity index is 1.69. The zero-order valence-electron chi connectivity index (χ0n) is 20.6. The average molecular weight is 467 g/mol. The fourth-order valence-corrected chi connectivity index (χ4v) is 4.93. The molecule has 0 bridgehead atoms. The van der Waals surface area contributed by atoms with Crippen LogP contribution in [0.15, 0.2) is 42.5 Å². The standard InChI is InChI=1S/C28H35FN2O3/c1-5-24(26(32)30-15-6-7-16-30)34-22-13-10-19-14-17-31(27(33)28(2,3)4)25(23(19)18-22)20-8-11-21(29)12-9-20/h8-13,18,24-25H,5-7,14-17H2,1-4H3/t24-,25+/m0/s1. The molecule has 0 aromatic heterocycles. The van der Waals surface area contributed by atoms with Crippen molar-refractivity contribution in [3.63, 3.8) is 0 Å². The summed E-state index contributed by atoms with van der Waals surface area (Å²) < 4.78 is 19.9. The Hall–Kier alpha value is -2.89. The minimum Gasteiger partial charge on any atom is -0.481 e. The molecule has 0 unspecified atom stereocenters. The highest BCUT2D eigenvalue weighted by atomic mass is 19.1. The third kappa shape index (κ3) is 4.96. The first-order valence-corrected chi connectivity index (χ1v) is 12.3. The maximum atomic E-state index is 13.7. The molecule has 6 heteroatoms. The number of likely N-dealkylation sites (tertiary alicyclic amines) is 1. The van der Waals surface area contributed by atoms with Gasteiger partial charge in [-0.15, -0.1) is 0 Å². The molecule has 2 aromatic rings. The summed E-state index contributed by atoms with van der Waals surface area (Å²) >= 11 is 0. The number of ether oxygens (including phenoxy) is 1. The van der Waals surface area contributed by atoms with Gasteiger partial charge in [0, 0.05) is 25.0 Å². The number of hydrogen-bond acceptors (Lipinski definition) is 3. The molecule has 0 saturated carbocycles. The van der Waals surface area contributed by atoms with Crippen molar-refractivity contribution in [2.24, 2.45) is 5.41 Å². The summed E-state index contributed by atoms with van der Waals surface area (Å²) in [6.45, 7) is 9.89. The second-order valence-corrected chi connectivity index (χ2v) is 10.4. The van der Waals surface area contributed by atoms with Gasteiger partial charge in [-0.1, -0.05) is 45.9 Å². The number of carbonyl (C=O) groups excluding carboxylic acids is 2. The lowest BCUT2D eigenvalue weighted by Gasteiger charge is -2.41. The van der Waals surface area contributed by atoms with Crippen LogP contribution in [0.3, 0.4) is 0 Å². The SMILES string of the molecule is CC[C@H](Oc1ccc2c(c1)[C@@H](c1ccc(F)cc1)N(C(=O)C(C)(C)C)CC2)C(=O)N1CCCC1. The number of carbonyl (C=O) groups is 2. The molecule has 2 aliphatic heterocycles. The third-order valence-corrected chi connectivity index (χ3v) is 6.78. The maximum absolute atomic E-state index is 13.7. The van der Waals surface area contributed by atoms with Crippen LogP contribution in [0.2, 0.25) is 0 Å². The van der Waals surface area contributed by atoms with Crippen LogP contribution in [-0.4, -0.2) is 47.4 Å². The van der Waals surface area contributed by atoms with E-state index in [-0.39, 0.29) is 23.7 Å². The molecule has 4 rings (SSSR count). The minimum atomic E-state index is -0.542. The molecule has 0 radical (unpaired) electrons. The van der Waals surface area contributed by atoms with Gasteiger partial charge in [0.1, 0.15) is 11.6 Å². The largest absolute Gasteiger partial charge is 0.481 e. The van der Waals surface area contributed by atoms with Crippen LogP contribution in [0, 0.1) is 11.2 Å². The molecular weight excluding hydrogens is 431 g/mol. The second kappa shape index (κ2) is 9.77. The summed E-state index contributed by atoms with van der Waals surface area (Å²) in [5.74, 6) is 0.402. The van der Waals surface area contributed by atoms with Crippen LogP contribution in [0.25, 0.3) is 0 Å². The summed E-state index contributed by atoms with van der Waals surface area (Å²) in [4.78, 5) is 30.1. The molecule has 2 aliphatic rings. The zero-order valence-corrected chi connectivity index (χ0v) is 20.6. The number of hydrogen-bond donors (Lipinski definition) is 0. The molecular formula is C28H35FN2O3. The lowest BCUT2D eigenvalue weighted by molar-refractivity contribution is -0.141. The Morgan fingerprint density at radius 2 is 1.74 bits per heavy atom. The summed E-state index contributed by atoms with van der Waals surface area (Å²) in [6.07, 6.45) is 2.87. The number of amides is 2. The molecule has 182 valence electrons. The molecule has 2 amide bonds. The number of nitrogens with zero attached hydrogens (tertiary/aromatic N) is 2. The van der Waals surface area contributed by atoms with Crippen molar-refractivity contribution in [2.45, 2.75) is 65.5 Å².